The highest BCUT2D eigenvalue weighted by Crippen LogP contribution is 2.38. The van der Waals surface area contributed by atoms with Gasteiger partial charge in [0, 0.05) is 7.05 Å². The Kier molecular flexibility index (Phi) is 4.35. The van der Waals surface area contributed by atoms with E-state index >= 15 is 0 Å². The second-order valence-electron chi connectivity index (χ2n) is 6.17. The van der Waals surface area contributed by atoms with Crippen LogP contribution in [0.1, 0.15) is 25.3 Å². The number of amides is 1. The number of hydrogen-bond acceptors (Lipinski definition) is 5. The molecule has 0 bridgehead atoms. The number of fused-ring (bicyclic) bond motifs is 1. The number of carbonyl (C=O) groups is 2. The molecule has 1 amide bonds. The standard InChI is InChI=1S/C17H20N2O3S/c1-10-8-12(10)17(21)22-11(2)16(20)19(3)9-15-18-13-6-4-5-7-14(13)23-15/h4-7,10-12H,8-9H2,1-3H3/t10-,11+,12+/m1/s1. The fraction of sp³-hybridized carbons (Fsp3) is 0.471. The monoisotopic (exact) mass is 332 g/mol. The molecule has 1 aliphatic rings. The molecule has 3 rings (SSSR count). The van der Waals surface area contributed by atoms with E-state index in [4.69, 9.17) is 4.74 Å². The van der Waals surface area contributed by atoms with Crippen LogP contribution in [0.3, 0.4) is 0 Å². The predicted molar refractivity (Wildman–Crippen MR) is 88.9 cm³/mol. The molecule has 1 fully saturated rings. The van der Waals surface area contributed by atoms with Crippen LogP contribution in [0.5, 0.6) is 0 Å². The molecule has 5 nitrogen and oxygen atoms in total. The van der Waals surface area contributed by atoms with Crippen LogP contribution >= 0.6 is 11.3 Å². The van der Waals surface area contributed by atoms with Crippen LogP contribution in [-0.2, 0) is 20.9 Å². The average molecular weight is 332 g/mol. The largest absolute Gasteiger partial charge is 0.452 e. The molecule has 122 valence electrons. The summed E-state index contributed by atoms with van der Waals surface area (Å²) in [5, 5.41) is 0.872. The Hall–Kier alpha value is -1.95. The smallest absolute Gasteiger partial charge is 0.309 e. The Balaban J connectivity index is 1.59. The summed E-state index contributed by atoms with van der Waals surface area (Å²) in [5.41, 5.74) is 0.940. The van der Waals surface area contributed by atoms with Crippen LogP contribution in [-0.4, -0.2) is 34.9 Å². The maximum atomic E-state index is 12.3. The van der Waals surface area contributed by atoms with Crippen molar-refractivity contribution in [1.29, 1.82) is 0 Å². The molecule has 0 radical (unpaired) electrons. The highest BCUT2D eigenvalue weighted by molar-refractivity contribution is 7.18. The van der Waals surface area contributed by atoms with Crippen molar-refractivity contribution >= 4 is 33.4 Å². The first-order valence-electron chi connectivity index (χ1n) is 7.75. The van der Waals surface area contributed by atoms with E-state index in [0.29, 0.717) is 12.5 Å². The summed E-state index contributed by atoms with van der Waals surface area (Å²) in [6.45, 7) is 4.06. The first-order valence-corrected chi connectivity index (χ1v) is 8.57. The zero-order valence-corrected chi connectivity index (χ0v) is 14.3. The SMILES string of the molecule is C[C@H](OC(=O)[C@H]1C[C@H]1C)C(=O)N(C)Cc1nc2ccccc2s1. The third-order valence-corrected chi connectivity index (χ3v) is 5.16. The van der Waals surface area contributed by atoms with Crippen molar-refractivity contribution in [3.8, 4) is 0 Å². The minimum absolute atomic E-state index is 0.0279. The van der Waals surface area contributed by atoms with Crippen LogP contribution < -0.4 is 0 Å². The van der Waals surface area contributed by atoms with Gasteiger partial charge in [-0.3, -0.25) is 9.59 Å². The highest BCUT2D eigenvalue weighted by atomic mass is 32.1. The molecule has 1 saturated carbocycles. The summed E-state index contributed by atoms with van der Waals surface area (Å²) in [5.74, 6) is -0.109. The number of benzene rings is 1. The van der Waals surface area contributed by atoms with Crippen LogP contribution in [0, 0.1) is 11.8 Å². The van der Waals surface area contributed by atoms with Crippen molar-refractivity contribution in [2.24, 2.45) is 11.8 Å². The Morgan fingerprint density at radius 3 is 2.78 bits per heavy atom. The number of likely N-dealkylation sites (N-methyl/N-ethyl adjacent to an activating group) is 1. The first kappa shape index (κ1) is 15.9. The highest BCUT2D eigenvalue weighted by Gasteiger charge is 2.41. The molecular weight excluding hydrogens is 312 g/mol. The van der Waals surface area contributed by atoms with Gasteiger partial charge in [0.1, 0.15) is 5.01 Å². The van der Waals surface area contributed by atoms with Crippen LogP contribution in [0.4, 0.5) is 0 Å². The van der Waals surface area contributed by atoms with Crippen LogP contribution in [0.25, 0.3) is 10.2 Å². The molecule has 0 unspecified atom stereocenters. The van der Waals surface area contributed by atoms with E-state index in [1.54, 1.807) is 30.2 Å². The van der Waals surface area contributed by atoms with Gasteiger partial charge in [0.15, 0.2) is 6.10 Å². The number of carbonyl (C=O) groups excluding carboxylic acids is 2. The van der Waals surface area contributed by atoms with Gasteiger partial charge < -0.3 is 9.64 Å². The lowest BCUT2D eigenvalue weighted by atomic mass is 10.3. The predicted octanol–water partition coefficient (Wildman–Crippen LogP) is 2.84. The molecule has 1 heterocycles. The number of esters is 1. The van der Waals surface area contributed by atoms with Crippen molar-refractivity contribution in [2.75, 3.05) is 7.05 Å². The summed E-state index contributed by atoms with van der Waals surface area (Å²) < 4.78 is 6.38. The third kappa shape index (κ3) is 3.52. The summed E-state index contributed by atoms with van der Waals surface area (Å²) in [6.07, 6.45) is 0.107. The van der Waals surface area contributed by atoms with Gasteiger partial charge in [0.2, 0.25) is 0 Å². The zero-order chi connectivity index (χ0) is 16.6. The molecule has 0 aliphatic heterocycles. The molecule has 0 saturated heterocycles. The lowest BCUT2D eigenvalue weighted by molar-refractivity contribution is -0.160. The second-order valence-corrected chi connectivity index (χ2v) is 7.28. The lowest BCUT2D eigenvalue weighted by Gasteiger charge is -2.20. The number of aromatic nitrogens is 1. The van der Waals surface area contributed by atoms with Crippen molar-refractivity contribution < 1.29 is 14.3 Å². The Labute approximate surface area is 139 Å². The molecule has 3 atom stereocenters. The van der Waals surface area contributed by atoms with E-state index in [1.165, 1.54) is 0 Å². The molecule has 1 aromatic heterocycles. The Morgan fingerprint density at radius 2 is 2.13 bits per heavy atom. The van der Waals surface area contributed by atoms with E-state index < -0.39 is 6.10 Å². The molecule has 0 spiro atoms. The number of nitrogens with zero attached hydrogens (tertiary/aromatic N) is 2. The quantitative estimate of drug-likeness (QED) is 0.790. The molecule has 1 aliphatic carbocycles. The fourth-order valence-electron chi connectivity index (χ4n) is 2.54. The molecular formula is C17H20N2O3S. The summed E-state index contributed by atoms with van der Waals surface area (Å²) in [4.78, 5) is 30.3. The van der Waals surface area contributed by atoms with Gasteiger partial charge in [-0.1, -0.05) is 19.1 Å². The van der Waals surface area contributed by atoms with Gasteiger partial charge in [-0.2, -0.15) is 0 Å². The summed E-state index contributed by atoms with van der Waals surface area (Å²) in [6, 6.07) is 7.89. The van der Waals surface area contributed by atoms with Gasteiger partial charge in [-0.15, -0.1) is 11.3 Å². The van der Waals surface area contributed by atoms with E-state index in [9.17, 15) is 9.59 Å². The summed E-state index contributed by atoms with van der Waals surface area (Å²) in [7, 11) is 1.71. The summed E-state index contributed by atoms with van der Waals surface area (Å²) >= 11 is 1.57. The van der Waals surface area contributed by atoms with E-state index in [-0.39, 0.29) is 17.8 Å². The first-order chi connectivity index (χ1) is 11.0. The van der Waals surface area contributed by atoms with Crippen LogP contribution in [0.15, 0.2) is 24.3 Å². The number of ether oxygens (including phenoxy) is 1. The van der Waals surface area contributed by atoms with Gasteiger partial charge in [-0.25, -0.2) is 4.98 Å². The van der Waals surface area contributed by atoms with Crippen molar-refractivity contribution in [3.05, 3.63) is 29.3 Å². The Morgan fingerprint density at radius 1 is 1.43 bits per heavy atom. The number of thiazole rings is 1. The van der Waals surface area contributed by atoms with Gasteiger partial charge in [0.25, 0.3) is 5.91 Å². The molecule has 23 heavy (non-hydrogen) atoms. The maximum Gasteiger partial charge on any atom is 0.309 e. The van der Waals surface area contributed by atoms with Crippen molar-refractivity contribution in [3.63, 3.8) is 0 Å². The third-order valence-electron chi connectivity index (χ3n) is 4.14. The van der Waals surface area contributed by atoms with E-state index in [0.717, 1.165) is 21.6 Å². The van der Waals surface area contributed by atoms with Crippen molar-refractivity contribution in [2.45, 2.75) is 32.9 Å². The fourth-order valence-corrected chi connectivity index (χ4v) is 3.56. The second kappa shape index (κ2) is 6.28. The number of para-hydroxylation sites is 1. The molecule has 6 heteroatoms. The number of hydrogen-bond donors (Lipinski definition) is 0. The Bertz CT molecular complexity index is 709. The topological polar surface area (TPSA) is 59.5 Å². The lowest BCUT2D eigenvalue weighted by Crippen LogP contribution is -2.37. The normalized spacial score (nSPS) is 21.0. The molecule has 1 aromatic carbocycles. The van der Waals surface area contributed by atoms with Crippen molar-refractivity contribution in [1.82, 2.24) is 9.88 Å². The van der Waals surface area contributed by atoms with Gasteiger partial charge in [0.05, 0.1) is 22.7 Å². The van der Waals surface area contributed by atoms with Gasteiger partial charge in [-0.05, 0) is 31.4 Å². The molecule has 0 N–H and O–H groups in total. The number of rotatable bonds is 5. The van der Waals surface area contributed by atoms with Crippen LogP contribution in [0.2, 0.25) is 0 Å². The zero-order valence-electron chi connectivity index (χ0n) is 13.5. The minimum Gasteiger partial charge on any atom is -0.452 e. The van der Waals surface area contributed by atoms with E-state index in [2.05, 4.69) is 4.98 Å². The average Bonchev–Trinajstić information content (AvgIpc) is 3.11. The van der Waals surface area contributed by atoms with E-state index in [1.807, 2.05) is 31.2 Å². The minimum atomic E-state index is -0.755. The maximum absolute atomic E-state index is 12.3. The van der Waals surface area contributed by atoms with Gasteiger partial charge >= 0.3 is 5.97 Å². The molecule has 2 aromatic rings.